The van der Waals surface area contributed by atoms with Crippen LogP contribution in [0.3, 0.4) is 0 Å². The van der Waals surface area contributed by atoms with Gasteiger partial charge in [0.2, 0.25) is 0 Å². The molecule has 0 spiro atoms. The van der Waals surface area contributed by atoms with Gasteiger partial charge in [0.05, 0.1) is 12.2 Å². The Labute approximate surface area is 186 Å². The van der Waals surface area contributed by atoms with Crippen LogP contribution in [0, 0.1) is 0 Å². The monoisotopic (exact) mass is 472 g/mol. The molecule has 0 amide bonds. The lowest BCUT2D eigenvalue weighted by molar-refractivity contribution is -0.144. The third-order valence-electron chi connectivity index (χ3n) is 4.60. The maximum Gasteiger partial charge on any atom is 0.509 e. The largest absolute Gasteiger partial charge is 0.509 e. The predicted molar refractivity (Wildman–Crippen MR) is 104 cm³/mol. The van der Waals surface area contributed by atoms with E-state index in [1.54, 1.807) is 13.8 Å². The van der Waals surface area contributed by atoms with E-state index in [2.05, 4.69) is 15.3 Å². The van der Waals surface area contributed by atoms with E-state index in [1.165, 1.54) is 19.2 Å². The van der Waals surface area contributed by atoms with Crippen molar-refractivity contribution in [2.45, 2.75) is 63.6 Å². The number of hydrogen-bond acceptors (Lipinski definition) is 14. The van der Waals surface area contributed by atoms with Crippen LogP contribution in [0.4, 0.5) is 15.4 Å². The number of aliphatic hydroxyl groups is 1. The number of aliphatic hydroxyl groups excluding tert-OH is 1. The Morgan fingerprint density at radius 1 is 1.27 bits per heavy atom. The summed E-state index contributed by atoms with van der Waals surface area (Å²) in [5.41, 5.74) is 6.76. The molecule has 2 aliphatic rings. The summed E-state index contributed by atoms with van der Waals surface area (Å²) in [6.07, 6.45) is -6.19. The Hall–Kier alpha value is -3.43. The SMILES string of the molecule is CC(C)OC(=O)OC[C@H]1O[C@@H](n2ccc(NOC(=O)[C@H](N)[C@@H](C)O)nc2=O)[C@@H]2OC(=O)O[C@@H]21. The number of fused-ring (bicyclic) bond motifs is 1. The van der Waals surface area contributed by atoms with Gasteiger partial charge in [-0.25, -0.2) is 24.7 Å². The van der Waals surface area contributed by atoms with Crippen molar-refractivity contribution in [3.63, 3.8) is 0 Å². The van der Waals surface area contributed by atoms with Gasteiger partial charge >= 0.3 is 24.0 Å². The molecule has 15 heteroatoms. The molecular weight excluding hydrogens is 448 g/mol. The van der Waals surface area contributed by atoms with Crippen LogP contribution < -0.4 is 16.9 Å². The summed E-state index contributed by atoms with van der Waals surface area (Å²) in [5, 5.41) is 9.29. The molecule has 182 valence electrons. The van der Waals surface area contributed by atoms with Crippen molar-refractivity contribution >= 4 is 24.1 Å². The maximum absolute atomic E-state index is 12.5. The average Bonchev–Trinajstić information content (AvgIpc) is 3.27. The number of hydrogen-bond donors (Lipinski definition) is 3. The number of carbonyl (C=O) groups is 3. The lowest BCUT2D eigenvalue weighted by Crippen LogP contribution is -2.42. The number of anilines is 1. The average molecular weight is 472 g/mol. The number of rotatable bonds is 8. The normalized spacial score (nSPS) is 25.5. The second kappa shape index (κ2) is 10.0. The zero-order chi connectivity index (χ0) is 24.3. The first-order valence-electron chi connectivity index (χ1n) is 9.92. The van der Waals surface area contributed by atoms with E-state index in [4.69, 9.17) is 29.4 Å². The third-order valence-corrected chi connectivity index (χ3v) is 4.60. The molecule has 0 saturated carbocycles. The molecule has 3 rings (SSSR count). The first kappa shape index (κ1) is 24.2. The van der Waals surface area contributed by atoms with Crippen molar-refractivity contribution in [2.75, 3.05) is 12.1 Å². The zero-order valence-corrected chi connectivity index (χ0v) is 17.9. The second-order valence-electron chi connectivity index (χ2n) is 7.50. The molecule has 2 aliphatic heterocycles. The van der Waals surface area contributed by atoms with E-state index in [9.17, 15) is 24.3 Å². The molecule has 0 unspecified atom stereocenters. The van der Waals surface area contributed by atoms with E-state index >= 15 is 0 Å². The molecule has 3 heterocycles. The van der Waals surface area contributed by atoms with Gasteiger partial charge < -0.3 is 39.4 Å². The zero-order valence-electron chi connectivity index (χ0n) is 17.9. The van der Waals surface area contributed by atoms with Crippen molar-refractivity contribution in [3.05, 3.63) is 22.7 Å². The fourth-order valence-corrected chi connectivity index (χ4v) is 2.99. The summed E-state index contributed by atoms with van der Waals surface area (Å²) in [6, 6.07) is -0.0155. The molecular formula is C18H24N4O11. The van der Waals surface area contributed by atoms with Crippen molar-refractivity contribution in [1.29, 1.82) is 0 Å². The molecule has 0 aromatic carbocycles. The number of nitrogens with two attached hydrogens (primary N) is 1. The minimum atomic E-state index is -1.30. The number of carbonyl (C=O) groups excluding carboxylic acids is 3. The maximum atomic E-state index is 12.5. The van der Waals surface area contributed by atoms with E-state index in [0.717, 1.165) is 4.57 Å². The fourth-order valence-electron chi connectivity index (χ4n) is 2.99. The Morgan fingerprint density at radius 3 is 2.61 bits per heavy atom. The van der Waals surface area contributed by atoms with Crippen LogP contribution in [-0.4, -0.2) is 76.1 Å². The standard InChI is InChI=1S/C18H24N4O11/c1-7(2)29-17(26)28-6-9-12-13(32-18(27)31-12)14(30-9)22-5-4-10(20-16(22)25)21-33-15(24)11(19)8(3)23/h4-5,7-9,11-14,23H,6,19H2,1-3H3,(H,20,21,25)/t8-,9-,11-,12-,13-,14-/m1/s1. The van der Waals surface area contributed by atoms with E-state index < -0.39 is 66.8 Å². The highest BCUT2D eigenvalue weighted by Crippen LogP contribution is 2.37. The highest BCUT2D eigenvalue weighted by atomic mass is 16.8. The first-order valence-corrected chi connectivity index (χ1v) is 9.92. The number of nitrogens with zero attached hydrogens (tertiary/aromatic N) is 2. The van der Waals surface area contributed by atoms with Crippen LogP contribution in [0.2, 0.25) is 0 Å². The smallest absolute Gasteiger partial charge is 0.432 e. The molecule has 0 radical (unpaired) electrons. The Bertz CT molecular complexity index is 950. The molecule has 2 fully saturated rings. The van der Waals surface area contributed by atoms with Crippen LogP contribution in [0.15, 0.2) is 17.1 Å². The van der Waals surface area contributed by atoms with Crippen LogP contribution in [0.25, 0.3) is 0 Å². The Kier molecular flexibility index (Phi) is 7.35. The molecule has 2 saturated heterocycles. The topological polar surface area (TPSA) is 200 Å². The molecule has 15 nitrogen and oxygen atoms in total. The predicted octanol–water partition coefficient (Wildman–Crippen LogP) is -0.815. The second-order valence-corrected chi connectivity index (χ2v) is 7.50. The molecule has 1 aromatic rings. The van der Waals surface area contributed by atoms with Gasteiger partial charge in [-0.05, 0) is 20.8 Å². The Balaban J connectivity index is 1.67. The lowest BCUT2D eigenvalue weighted by atomic mass is 10.1. The summed E-state index contributed by atoms with van der Waals surface area (Å²) >= 11 is 0. The molecule has 1 aromatic heterocycles. The minimum Gasteiger partial charge on any atom is -0.432 e. The minimum absolute atomic E-state index is 0.132. The summed E-state index contributed by atoms with van der Waals surface area (Å²) in [5.74, 6) is -1.10. The quantitative estimate of drug-likeness (QED) is 0.241. The van der Waals surface area contributed by atoms with E-state index in [-0.39, 0.29) is 12.4 Å². The molecule has 0 aliphatic carbocycles. The van der Waals surface area contributed by atoms with Crippen LogP contribution in [-0.2, 0) is 33.3 Å². The molecule has 6 atom stereocenters. The van der Waals surface area contributed by atoms with Crippen molar-refractivity contribution in [1.82, 2.24) is 9.55 Å². The van der Waals surface area contributed by atoms with E-state index in [1.807, 2.05) is 0 Å². The van der Waals surface area contributed by atoms with Gasteiger partial charge in [0.25, 0.3) is 0 Å². The van der Waals surface area contributed by atoms with Gasteiger partial charge in [0.1, 0.15) is 18.8 Å². The highest BCUT2D eigenvalue weighted by Gasteiger charge is 2.55. The highest BCUT2D eigenvalue weighted by molar-refractivity contribution is 5.76. The van der Waals surface area contributed by atoms with Crippen LogP contribution in [0.5, 0.6) is 0 Å². The Morgan fingerprint density at radius 2 is 1.97 bits per heavy atom. The van der Waals surface area contributed by atoms with Crippen molar-refractivity contribution in [2.24, 2.45) is 5.73 Å². The van der Waals surface area contributed by atoms with Crippen LogP contribution >= 0.6 is 0 Å². The van der Waals surface area contributed by atoms with Gasteiger partial charge in [-0.15, -0.1) is 0 Å². The van der Waals surface area contributed by atoms with Gasteiger partial charge in [0, 0.05) is 12.3 Å². The summed E-state index contributed by atoms with van der Waals surface area (Å²) in [4.78, 5) is 55.8. The first-order chi connectivity index (χ1) is 15.6. The third kappa shape index (κ3) is 5.68. The summed E-state index contributed by atoms with van der Waals surface area (Å²) < 4.78 is 26.8. The number of nitrogens with one attached hydrogen (secondary N) is 1. The lowest BCUT2D eigenvalue weighted by Gasteiger charge is -2.19. The number of ether oxygens (including phenoxy) is 5. The summed E-state index contributed by atoms with van der Waals surface area (Å²) in [7, 11) is 0. The number of aromatic nitrogens is 2. The van der Waals surface area contributed by atoms with Crippen molar-refractivity contribution in [3.8, 4) is 0 Å². The molecule has 4 N–H and O–H groups in total. The van der Waals surface area contributed by atoms with Gasteiger partial charge in [-0.3, -0.25) is 4.57 Å². The van der Waals surface area contributed by atoms with E-state index in [0.29, 0.717) is 0 Å². The molecule has 0 bridgehead atoms. The van der Waals surface area contributed by atoms with Crippen molar-refractivity contribution < 1.29 is 48.0 Å². The van der Waals surface area contributed by atoms with Crippen LogP contribution in [0.1, 0.15) is 27.0 Å². The van der Waals surface area contributed by atoms with Gasteiger partial charge in [0.15, 0.2) is 24.3 Å². The molecule has 33 heavy (non-hydrogen) atoms. The fraction of sp³-hybridized carbons (Fsp3) is 0.611. The van der Waals surface area contributed by atoms with Gasteiger partial charge in [-0.1, -0.05) is 0 Å². The summed E-state index contributed by atoms with van der Waals surface area (Å²) in [6.45, 7) is 4.28. The van der Waals surface area contributed by atoms with Gasteiger partial charge in [-0.2, -0.15) is 4.98 Å².